The second-order valence-corrected chi connectivity index (χ2v) is 9.49. The molecule has 0 aliphatic carbocycles. The lowest BCUT2D eigenvalue weighted by atomic mass is 9.96. The molecule has 0 bridgehead atoms. The SMILES string of the molecule is O=C1CC[C@@H](O)[C@H]2[C@@H](OCc3ccccc3)[C@H](OCc3ccccc3)[C@@H](COCc3ccccc3)N12. The summed E-state index contributed by atoms with van der Waals surface area (Å²) in [6, 6.07) is 29.0. The van der Waals surface area contributed by atoms with Crippen molar-refractivity contribution >= 4 is 5.91 Å². The van der Waals surface area contributed by atoms with Crippen molar-refractivity contribution in [3.8, 4) is 0 Å². The van der Waals surface area contributed by atoms with Crippen molar-refractivity contribution in [2.45, 2.75) is 63.1 Å². The molecule has 0 radical (unpaired) electrons. The fourth-order valence-electron chi connectivity index (χ4n) is 5.26. The predicted octanol–water partition coefficient (Wildman–Crippen LogP) is 4.11. The zero-order valence-corrected chi connectivity index (χ0v) is 20.3. The van der Waals surface area contributed by atoms with E-state index in [2.05, 4.69) is 0 Å². The monoisotopic (exact) mass is 487 g/mol. The van der Waals surface area contributed by atoms with E-state index in [1.165, 1.54) is 0 Å². The van der Waals surface area contributed by atoms with Gasteiger partial charge >= 0.3 is 0 Å². The van der Waals surface area contributed by atoms with Gasteiger partial charge in [0.05, 0.1) is 44.6 Å². The lowest BCUT2D eigenvalue weighted by Crippen LogP contribution is -2.54. The van der Waals surface area contributed by atoms with Crippen LogP contribution in [-0.4, -0.2) is 52.9 Å². The fourth-order valence-corrected chi connectivity index (χ4v) is 5.26. The van der Waals surface area contributed by atoms with Gasteiger partial charge in [-0.25, -0.2) is 0 Å². The largest absolute Gasteiger partial charge is 0.391 e. The number of aliphatic hydroxyl groups excluding tert-OH is 1. The van der Waals surface area contributed by atoms with E-state index in [1.807, 2.05) is 91.0 Å². The summed E-state index contributed by atoms with van der Waals surface area (Å²) in [5.41, 5.74) is 3.14. The van der Waals surface area contributed by atoms with Crippen LogP contribution in [0.5, 0.6) is 0 Å². The molecule has 3 aromatic carbocycles. The molecule has 0 spiro atoms. The molecule has 1 N–H and O–H groups in total. The maximum absolute atomic E-state index is 13.2. The minimum atomic E-state index is -0.676. The Balaban J connectivity index is 1.38. The summed E-state index contributed by atoms with van der Waals surface area (Å²) in [5.74, 6) is 0.0118. The predicted molar refractivity (Wildman–Crippen MR) is 136 cm³/mol. The number of ether oxygens (including phenoxy) is 3. The van der Waals surface area contributed by atoms with E-state index < -0.39 is 24.4 Å². The molecule has 6 nitrogen and oxygen atoms in total. The number of amides is 1. The fraction of sp³-hybridized carbons (Fsp3) is 0.367. The second-order valence-electron chi connectivity index (χ2n) is 9.49. The molecule has 36 heavy (non-hydrogen) atoms. The van der Waals surface area contributed by atoms with E-state index >= 15 is 0 Å². The maximum Gasteiger partial charge on any atom is 0.223 e. The number of aliphatic hydroxyl groups is 1. The molecule has 2 aliphatic rings. The van der Waals surface area contributed by atoms with E-state index in [4.69, 9.17) is 14.2 Å². The summed E-state index contributed by atoms with van der Waals surface area (Å²) in [7, 11) is 0. The number of hydrogen-bond donors (Lipinski definition) is 1. The van der Waals surface area contributed by atoms with Crippen LogP contribution in [0, 0.1) is 0 Å². The Morgan fingerprint density at radius 1 is 0.722 bits per heavy atom. The molecule has 2 heterocycles. The van der Waals surface area contributed by atoms with E-state index in [0.717, 1.165) is 16.7 Å². The average molecular weight is 488 g/mol. The molecule has 0 aromatic heterocycles. The topological polar surface area (TPSA) is 68.2 Å². The Morgan fingerprint density at radius 2 is 1.22 bits per heavy atom. The molecule has 2 fully saturated rings. The van der Waals surface area contributed by atoms with Crippen LogP contribution >= 0.6 is 0 Å². The van der Waals surface area contributed by atoms with Gasteiger partial charge in [-0.05, 0) is 23.1 Å². The second kappa shape index (κ2) is 11.8. The van der Waals surface area contributed by atoms with Gasteiger partial charge in [0.15, 0.2) is 0 Å². The van der Waals surface area contributed by atoms with Gasteiger partial charge in [-0.3, -0.25) is 4.79 Å². The van der Waals surface area contributed by atoms with Crippen molar-refractivity contribution in [2.75, 3.05) is 6.61 Å². The number of carbonyl (C=O) groups is 1. The van der Waals surface area contributed by atoms with Gasteiger partial charge < -0.3 is 24.2 Å². The van der Waals surface area contributed by atoms with Crippen LogP contribution in [0.25, 0.3) is 0 Å². The summed E-state index contributed by atoms with van der Waals surface area (Å²) in [4.78, 5) is 14.9. The molecular formula is C30H33NO5. The highest BCUT2D eigenvalue weighted by molar-refractivity contribution is 5.78. The van der Waals surface area contributed by atoms with Crippen molar-refractivity contribution in [3.63, 3.8) is 0 Å². The van der Waals surface area contributed by atoms with Crippen molar-refractivity contribution < 1.29 is 24.1 Å². The normalized spacial score (nSPS) is 25.6. The third kappa shape index (κ3) is 5.68. The smallest absolute Gasteiger partial charge is 0.223 e. The first-order valence-electron chi connectivity index (χ1n) is 12.6. The number of fused-ring (bicyclic) bond motifs is 1. The Hall–Kier alpha value is -3.03. The molecule has 2 aliphatic heterocycles. The van der Waals surface area contributed by atoms with Gasteiger partial charge in [-0.2, -0.15) is 0 Å². The maximum atomic E-state index is 13.2. The van der Waals surface area contributed by atoms with Crippen LogP contribution in [0.4, 0.5) is 0 Å². The first kappa shape index (κ1) is 24.7. The summed E-state index contributed by atoms with van der Waals surface area (Å²) in [6.07, 6.45) is -0.854. The number of rotatable bonds is 10. The molecule has 5 atom stereocenters. The van der Waals surface area contributed by atoms with Gasteiger partial charge in [0.25, 0.3) is 0 Å². The van der Waals surface area contributed by atoms with Crippen molar-refractivity contribution in [1.82, 2.24) is 4.90 Å². The molecule has 5 rings (SSSR count). The summed E-state index contributed by atoms with van der Waals surface area (Å²) in [6.45, 7) is 1.50. The van der Waals surface area contributed by atoms with Crippen LogP contribution in [0.2, 0.25) is 0 Å². The third-order valence-electron chi connectivity index (χ3n) is 7.03. The Labute approximate surface area is 212 Å². The van der Waals surface area contributed by atoms with Crippen LogP contribution in [0.3, 0.4) is 0 Å². The van der Waals surface area contributed by atoms with Gasteiger partial charge in [0, 0.05) is 6.42 Å². The van der Waals surface area contributed by atoms with Crippen LogP contribution in [0.1, 0.15) is 29.5 Å². The van der Waals surface area contributed by atoms with E-state index in [-0.39, 0.29) is 11.9 Å². The summed E-state index contributed by atoms with van der Waals surface area (Å²) < 4.78 is 19.0. The minimum absolute atomic E-state index is 0.0118. The summed E-state index contributed by atoms with van der Waals surface area (Å²) in [5, 5.41) is 11.0. The highest BCUT2D eigenvalue weighted by Gasteiger charge is 2.56. The van der Waals surface area contributed by atoms with Crippen LogP contribution in [0.15, 0.2) is 91.0 Å². The molecular weight excluding hydrogens is 454 g/mol. The lowest BCUT2D eigenvalue weighted by Gasteiger charge is -2.38. The molecule has 0 unspecified atom stereocenters. The molecule has 3 aromatic rings. The zero-order valence-electron chi connectivity index (χ0n) is 20.3. The van der Waals surface area contributed by atoms with E-state index in [9.17, 15) is 9.90 Å². The Bertz CT molecular complexity index is 1090. The first-order valence-corrected chi connectivity index (χ1v) is 12.6. The number of hydrogen-bond acceptors (Lipinski definition) is 5. The standard InChI is InChI=1S/C30H33NO5/c32-26-16-17-27(33)31-25(21-34-18-22-10-4-1-5-11-22)29(35-19-23-12-6-2-7-13-23)30(28(26)31)36-20-24-14-8-3-9-15-24/h1-15,25-26,28-30,32H,16-21H2/t25-,26-,28+,29-,30-/m1/s1. The molecule has 1 amide bonds. The first-order chi connectivity index (χ1) is 17.7. The number of nitrogens with zero attached hydrogens (tertiary/aromatic N) is 1. The Morgan fingerprint density at radius 3 is 1.78 bits per heavy atom. The molecule has 6 heteroatoms. The molecule has 2 saturated heterocycles. The van der Waals surface area contributed by atoms with E-state index in [0.29, 0.717) is 39.3 Å². The van der Waals surface area contributed by atoms with Crippen molar-refractivity contribution in [2.24, 2.45) is 0 Å². The van der Waals surface area contributed by atoms with E-state index in [1.54, 1.807) is 4.90 Å². The third-order valence-corrected chi connectivity index (χ3v) is 7.03. The van der Waals surface area contributed by atoms with Crippen LogP contribution < -0.4 is 0 Å². The lowest BCUT2D eigenvalue weighted by molar-refractivity contribution is -0.147. The van der Waals surface area contributed by atoms with Crippen molar-refractivity contribution in [1.29, 1.82) is 0 Å². The van der Waals surface area contributed by atoms with Crippen LogP contribution in [-0.2, 0) is 38.8 Å². The molecule has 188 valence electrons. The zero-order chi connectivity index (χ0) is 24.7. The highest BCUT2D eigenvalue weighted by Crippen LogP contribution is 2.37. The minimum Gasteiger partial charge on any atom is -0.391 e. The highest BCUT2D eigenvalue weighted by atomic mass is 16.5. The average Bonchev–Trinajstić information content (AvgIpc) is 3.24. The molecule has 0 saturated carbocycles. The van der Waals surface area contributed by atoms with Gasteiger partial charge in [-0.1, -0.05) is 91.0 Å². The van der Waals surface area contributed by atoms with Crippen molar-refractivity contribution in [3.05, 3.63) is 108 Å². The van der Waals surface area contributed by atoms with Gasteiger partial charge in [-0.15, -0.1) is 0 Å². The van der Waals surface area contributed by atoms with Gasteiger partial charge in [0.2, 0.25) is 5.91 Å². The quantitative estimate of drug-likeness (QED) is 0.466. The summed E-state index contributed by atoms with van der Waals surface area (Å²) >= 11 is 0. The van der Waals surface area contributed by atoms with Gasteiger partial charge in [0.1, 0.15) is 12.2 Å². The number of benzene rings is 3. The number of piperidine rings is 1. The Kier molecular flexibility index (Phi) is 8.08. The number of carbonyl (C=O) groups excluding carboxylic acids is 1.